The van der Waals surface area contributed by atoms with E-state index in [9.17, 15) is 9.90 Å². The summed E-state index contributed by atoms with van der Waals surface area (Å²) >= 11 is 0. The predicted octanol–water partition coefficient (Wildman–Crippen LogP) is 4.75. The van der Waals surface area contributed by atoms with Gasteiger partial charge in [-0.3, -0.25) is 4.98 Å². The summed E-state index contributed by atoms with van der Waals surface area (Å²) in [6.45, 7) is 9.81. The van der Waals surface area contributed by atoms with Crippen molar-refractivity contribution in [1.29, 1.82) is 0 Å². The molecule has 172 valence electrons. The summed E-state index contributed by atoms with van der Waals surface area (Å²) in [6.07, 6.45) is 4.50. The molecule has 0 spiro atoms. The number of carbonyl (C=O) groups excluding carboxylic acids is 1. The van der Waals surface area contributed by atoms with Crippen LogP contribution in [0.1, 0.15) is 79.9 Å². The number of ether oxygens (including phenoxy) is 1. The first-order valence-electron chi connectivity index (χ1n) is 11.7. The summed E-state index contributed by atoms with van der Waals surface area (Å²) < 4.78 is 5.49. The molecular weight excluding hydrogens is 402 g/mol. The van der Waals surface area contributed by atoms with Gasteiger partial charge in [-0.2, -0.15) is 0 Å². The highest BCUT2D eigenvalue weighted by molar-refractivity contribution is 5.90. The summed E-state index contributed by atoms with van der Waals surface area (Å²) in [7, 11) is 0. The fourth-order valence-corrected chi connectivity index (χ4v) is 5.11. The quantitative estimate of drug-likeness (QED) is 0.644. The van der Waals surface area contributed by atoms with Gasteiger partial charge in [0.05, 0.1) is 23.5 Å². The molecule has 1 aliphatic carbocycles. The Morgan fingerprint density at radius 1 is 1.25 bits per heavy atom. The van der Waals surface area contributed by atoms with Crippen LogP contribution in [0.15, 0.2) is 30.5 Å². The maximum atomic E-state index is 13.1. The third kappa shape index (κ3) is 4.66. The van der Waals surface area contributed by atoms with Crippen molar-refractivity contribution in [3.63, 3.8) is 0 Å². The van der Waals surface area contributed by atoms with Crippen molar-refractivity contribution in [2.45, 2.75) is 76.9 Å². The van der Waals surface area contributed by atoms with Gasteiger partial charge in [0.1, 0.15) is 0 Å². The number of pyridine rings is 1. The summed E-state index contributed by atoms with van der Waals surface area (Å²) in [6, 6.07) is 7.64. The molecule has 1 unspecified atom stereocenters. The summed E-state index contributed by atoms with van der Waals surface area (Å²) in [4.78, 5) is 17.8. The average molecular weight is 438 g/mol. The van der Waals surface area contributed by atoms with Gasteiger partial charge >= 0.3 is 6.03 Å². The second-order valence-corrected chi connectivity index (χ2v) is 9.84. The third-order valence-electron chi connectivity index (χ3n) is 6.89. The largest absolute Gasteiger partial charge is 0.391 e. The number of aromatic nitrogens is 1. The second kappa shape index (κ2) is 9.20. The average Bonchev–Trinajstić information content (AvgIpc) is 2.76. The van der Waals surface area contributed by atoms with Crippen LogP contribution in [0.5, 0.6) is 0 Å². The molecule has 2 aromatic rings. The standard InChI is InChI=1S/C26H35N3O3/c1-5-17-6-7-20-19(13-17)24(22(30)14-26(20,3)4)29-25(31)28-21-12-16(2)15-27-23(21)18-8-10-32-11-9-18/h6-7,12-13,15,18,22,24,30H,5,8-11,14H2,1-4H3,(H2,28,29,31)/t22-,24?/m1/s1. The number of rotatable bonds is 4. The smallest absolute Gasteiger partial charge is 0.319 e. The molecule has 2 aliphatic rings. The first-order chi connectivity index (χ1) is 15.3. The zero-order valence-electron chi connectivity index (χ0n) is 19.6. The Bertz CT molecular complexity index is 982. The predicted molar refractivity (Wildman–Crippen MR) is 126 cm³/mol. The zero-order chi connectivity index (χ0) is 22.9. The van der Waals surface area contributed by atoms with Gasteiger partial charge in [0.2, 0.25) is 0 Å². The molecule has 1 saturated heterocycles. The van der Waals surface area contributed by atoms with Crippen LogP contribution in [-0.2, 0) is 16.6 Å². The number of carbonyl (C=O) groups is 1. The van der Waals surface area contributed by atoms with Crippen LogP contribution in [-0.4, -0.2) is 35.4 Å². The normalized spacial score (nSPS) is 22.8. The molecule has 2 atom stereocenters. The lowest BCUT2D eigenvalue weighted by molar-refractivity contribution is 0.0845. The van der Waals surface area contributed by atoms with Crippen molar-refractivity contribution in [2.24, 2.45) is 0 Å². The summed E-state index contributed by atoms with van der Waals surface area (Å²) in [5.41, 5.74) is 5.89. The second-order valence-electron chi connectivity index (χ2n) is 9.84. The Hall–Kier alpha value is -2.44. The number of anilines is 1. The van der Waals surface area contributed by atoms with Gasteiger partial charge in [-0.1, -0.05) is 39.0 Å². The number of aryl methyl sites for hydroxylation is 2. The van der Waals surface area contributed by atoms with Gasteiger partial charge in [-0.25, -0.2) is 4.79 Å². The highest BCUT2D eigenvalue weighted by Gasteiger charge is 2.39. The highest BCUT2D eigenvalue weighted by Crippen LogP contribution is 2.42. The topological polar surface area (TPSA) is 83.5 Å². The lowest BCUT2D eigenvalue weighted by atomic mass is 9.69. The minimum absolute atomic E-state index is 0.146. The molecule has 0 bridgehead atoms. The van der Waals surface area contributed by atoms with E-state index in [1.165, 1.54) is 11.1 Å². The van der Waals surface area contributed by atoms with Crippen molar-refractivity contribution < 1.29 is 14.6 Å². The fraction of sp³-hybridized carbons (Fsp3) is 0.538. The summed E-state index contributed by atoms with van der Waals surface area (Å²) in [5, 5.41) is 17.1. The van der Waals surface area contributed by atoms with Gasteiger partial charge in [-0.15, -0.1) is 0 Å². The maximum absolute atomic E-state index is 13.1. The molecule has 1 fully saturated rings. The number of urea groups is 1. The van der Waals surface area contributed by atoms with E-state index in [4.69, 9.17) is 4.74 Å². The molecule has 0 radical (unpaired) electrons. The number of fused-ring (bicyclic) bond motifs is 1. The number of hydrogen-bond acceptors (Lipinski definition) is 4. The molecule has 1 aromatic carbocycles. The molecule has 1 aliphatic heterocycles. The molecular formula is C26H35N3O3. The molecule has 6 heteroatoms. The van der Waals surface area contributed by atoms with Crippen molar-refractivity contribution in [2.75, 3.05) is 18.5 Å². The van der Waals surface area contributed by atoms with Crippen LogP contribution in [0, 0.1) is 6.92 Å². The SMILES string of the molecule is CCc1ccc2c(c1)C(NC(=O)Nc1cc(C)cnc1C1CCOCC1)[C@H](O)CC2(C)C. The zero-order valence-corrected chi connectivity index (χ0v) is 19.6. The van der Waals surface area contributed by atoms with Crippen LogP contribution in [0.2, 0.25) is 0 Å². The number of nitrogens with zero attached hydrogens (tertiary/aromatic N) is 1. The van der Waals surface area contributed by atoms with Crippen molar-refractivity contribution in [1.82, 2.24) is 10.3 Å². The highest BCUT2D eigenvalue weighted by atomic mass is 16.5. The van der Waals surface area contributed by atoms with Gasteiger partial charge in [0.15, 0.2) is 0 Å². The van der Waals surface area contributed by atoms with Gasteiger partial charge < -0.3 is 20.5 Å². The number of amides is 2. The minimum atomic E-state index is -0.652. The maximum Gasteiger partial charge on any atom is 0.319 e. The van der Waals surface area contributed by atoms with Gasteiger partial charge in [0, 0.05) is 25.3 Å². The van der Waals surface area contributed by atoms with Crippen LogP contribution in [0.25, 0.3) is 0 Å². The first-order valence-corrected chi connectivity index (χ1v) is 11.7. The monoisotopic (exact) mass is 437 g/mol. The van der Waals surface area contributed by atoms with E-state index in [2.05, 4.69) is 54.6 Å². The van der Waals surface area contributed by atoms with Crippen molar-refractivity contribution in [3.05, 3.63) is 58.4 Å². The van der Waals surface area contributed by atoms with Gasteiger partial charge in [-0.05, 0) is 66.3 Å². The van der Waals surface area contributed by atoms with Crippen LogP contribution in [0.4, 0.5) is 10.5 Å². The number of aliphatic hydroxyl groups is 1. The Balaban J connectivity index is 1.58. The summed E-state index contributed by atoms with van der Waals surface area (Å²) in [5.74, 6) is 0.272. The molecule has 0 saturated carbocycles. The molecule has 4 rings (SSSR count). The molecule has 2 heterocycles. The molecule has 32 heavy (non-hydrogen) atoms. The lowest BCUT2D eigenvalue weighted by Crippen LogP contribution is -2.45. The number of aliphatic hydroxyl groups excluding tert-OH is 1. The fourth-order valence-electron chi connectivity index (χ4n) is 5.11. The van der Waals surface area contributed by atoms with E-state index < -0.39 is 12.1 Å². The minimum Gasteiger partial charge on any atom is -0.391 e. The van der Waals surface area contributed by atoms with Crippen molar-refractivity contribution in [3.8, 4) is 0 Å². The van der Waals surface area contributed by atoms with E-state index in [1.807, 2.05) is 19.2 Å². The van der Waals surface area contributed by atoms with Crippen LogP contribution >= 0.6 is 0 Å². The Morgan fingerprint density at radius 3 is 2.72 bits per heavy atom. The molecule has 1 aromatic heterocycles. The van der Waals surface area contributed by atoms with E-state index in [0.29, 0.717) is 19.6 Å². The van der Waals surface area contributed by atoms with Crippen LogP contribution < -0.4 is 10.6 Å². The number of nitrogens with one attached hydrogen (secondary N) is 2. The molecule has 2 amide bonds. The Morgan fingerprint density at radius 2 is 2.00 bits per heavy atom. The van der Waals surface area contributed by atoms with Crippen LogP contribution in [0.3, 0.4) is 0 Å². The Labute approximate surface area is 190 Å². The molecule has 3 N–H and O–H groups in total. The third-order valence-corrected chi connectivity index (χ3v) is 6.89. The lowest BCUT2D eigenvalue weighted by Gasteiger charge is -2.41. The Kier molecular flexibility index (Phi) is 6.54. The van der Waals surface area contributed by atoms with E-state index >= 15 is 0 Å². The van der Waals surface area contributed by atoms with Crippen molar-refractivity contribution >= 4 is 11.7 Å². The van der Waals surface area contributed by atoms with E-state index in [0.717, 1.165) is 41.8 Å². The number of hydrogen-bond donors (Lipinski definition) is 3. The number of benzene rings is 1. The molecule has 6 nitrogen and oxygen atoms in total. The first kappa shape index (κ1) is 22.7. The van der Waals surface area contributed by atoms with E-state index in [1.54, 1.807) is 0 Å². The van der Waals surface area contributed by atoms with E-state index in [-0.39, 0.29) is 17.4 Å². The van der Waals surface area contributed by atoms with Gasteiger partial charge in [0.25, 0.3) is 0 Å².